The van der Waals surface area contributed by atoms with Crippen LogP contribution in [0.15, 0.2) is 30.9 Å². The number of nitrogens with one attached hydrogen (secondary N) is 2. The first-order chi connectivity index (χ1) is 8.22. The fourth-order valence-electron chi connectivity index (χ4n) is 2.09. The van der Waals surface area contributed by atoms with Gasteiger partial charge in [-0.05, 0) is 37.1 Å². The normalized spacial score (nSPS) is 15.8. The summed E-state index contributed by atoms with van der Waals surface area (Å²) in [6, 6.07) is 5.92. The Bertz CT molecular complexity index is 440. The Morgan fingerprint density at radius 1 is 1.59 bits per heavy atom. The van der Waals surface area contributed by atoms with Gasteiger partial charge in [0.1, 0.15) is 0 Å². The van der Waals surface area contributed by atoms with Gasteiger partial charge in [0, 0.05) is 18.2 Å². The molecule has 1 amide bonds. The van der Waals surface area contributed by atoms with Crippen LogP contribution in [0.1, 0.15) is 28.4 Å². The van der Waals surface area contributed by atoms with Gasteiger partial charge in [0.2, 0.25) is 0 Å². The van der Waals surface area contributed by atoms with E-state index in [4.69, 9.17) is 0 Å². The zero-order valence-electron chi connectivity index (χ0n) is 10.1. The summed E-state index contributed by atoms with van der Waals surface area (Å²) >= 11 is 0. The number of hydrogen-bond acceptors (Lipinski definition) is 2. The van der Waals surface area contributed by atoms with E-state index in [1.54, 1.807) is 6.08 Å². The molecule has 0 radical (unpaired) electrons. The van der Waals surface area contributed by atoms with Crippen molar-refractivity contribution in [3.8, 4) is 0 Å². The predicted molar refractivity (Wildman–Crippen MR) is 69.0 cm³/mol. The fraction of sp³-hybridized carbons (Fsp3) is 0.357. The van der Waals surface area contributed by atoms with Crippen LogP contribution in [-0.2, 0) is 13.0 Å². The first-order valence-corrected chi connectivity index (χ1v) is 5.97. The molecule has 17 heavy (non-hydrogen) atoms. The van der Waals surface area contributed by atoms with E-state index >= 15 is 0 Å². The van der Waals surface area contributed by atoms with Gasteiger partial charge in [0.15, 0.2) is 0 Å². The molecule has 1 unspecified atom stereocenters. The van der Waals surface area contributed by atoms with Crippen molar-refractivity contribution in [2.24, 2.45) is 0 Å². The molecule has 0 aliphatic carbocycles. The second-order valence-corrected chi connectivity index (χ2v) is 4.37. The Balaban J connectivity index is 2.26. The van der Waals surface area contributed by atoms with Gasteiger partial charge in [0.25, 0.3) is 5.91 Å². The summed E-state index contributed by atoms with van der Waals surface area (Å²) in [6.45, 7) is 7.38. The highest BCUT2D eigenvalue weighted by Gasteiger charge is 2.17. The predicted octanol–water partition coefficient (Wildman–Crippen LogP) is 1.64. The van der Waals surface area contributed by atoms with Crippen LogP contribution in [-0.4, -0.2) is 18.5 Å². The molecule has 0 saturated heterocycles. The van der Waals surface area contributed by atoms with E-state index in [9.17, 15) is 4.79 Å². The van der Waals surface area contributed by atoms with Gasteiger partial charge in [-0.1, -0.05) is 18.2 Å². The van der Waals surface area contributed by atoms with Crippen molar-refractivity contribution in [2.45, 2.75) is 25.9 Å². The summed E-state index contributed by atoms with van der Waals surface area (Å²) in [5, 5.41) is 6.23. The lowest BCUT2D eigenvalue weighted by atomic mass is 9.95. The maximum Gasteiger partial charge on any atom is 0.252 e. The van der Waals surface area contributed by atoms with Gasteiger partial charge in [0.05, 0.1) is 0 Å². The summed E-state index contributed by atoms with van der Waals surface area (Å²) in [5.41, 5.74) is 3.22. The maximum absolute atomic E-state index is 12.1. The van der Waals surface area contributed by atoms with Gasteiger partial charge < -0.3 is 10.6 Å². The molecule has 1 aliphatic heterocycles. The zero-order chi connectivity index (χ0) is 12.3. The number of rotatable bonds is 3. The van der Waals surface area contributed by atoms with Crippen LogP contribution < -0.4 is 10.6 Å². The molecule has 0 saturated carbocycles. The molecule has 90 valence electrons. The number of carbonyl (C=O) groups excluding carboxylic acids is 1. The first-order valence-electron chi connectivity index (χ1n) is 5.97. The number of amides is 1. The van der Waals surface area contributed by atoms with Crippen LogP contribution in [0.5, 0.6) is 0 Å². The molecule has 2 N–H and O–H groups in total. The highest BCUT2D eigenvalue weighted by atomic mass is 16.1. The van der Waals surface area contributed by atoms with Crippen molar-refractivity contribution in [1.29, 1.82) is 0 Å². The first kappa shape index (κ1) is 11.9. The van der Waals surface area contributed by atoms with E-state index in [0.29, 0.717) is 0 Å². The SMILES string of the molecule is C=CC(C)NC(=O)c1cccc2c1CCNC2. The highest BCUT2D eigenvalue weighted by molar-refractivity contribution is 5.96. The number of hydrogen-bond donors (Lipinski definition) is 2. The molecule has 3 nitrogen and oxygen atoms in total. The second-order valence-electron chi connectivity index (χ2n) is 4.37. The third kappa shape index (κ3) is 2.56. The molecule has 1 aromatic carbocycles. The number of benzene rings is 1. The van der Waals surface area contributed by atoms with Crippen LogP contribution in [0.4, 0.5) is 0 Å². The van der Waals surface area contributed by atoms with Crippen molar-refractivity contribution in [1.82, 2.24) is 10.6 Å². The smallest absolute Gasteiger partial charge is 0.252 e. The number of carbonyl (C=O) groups is 1. The molecule has 1 heterocycles. The zero-order valence-corrected chi connectivity index (χ0v) is 10.1. The third-order valence-electron chi connectivity index (χ3n) is 3.10. The minimum absolute atomic E-state index is 0.0000664. The Hall–Kier alpha value is -1.61. The monoisotopic (exact) mass is 230 g/mol. The fourth-order valence-corrected chi connectivity index (χ4v) is 2.09. The molecule has 1 aliphatic rings. The van der Waals surface area contributed by atoms with E-state index in [-0.39, 0.29) is 11.9 Å². The standard InChI is InChI=1S/C14H18N2O/c1-3-10(2)16-14(17)13-6-4-5-11-9-15-8-7-12(11)13/h3-6,10,15H,1,7-9H2,2H3,(H,16,17). The molecule has 0 fully saturated rings. The minimum Gasteiger partial charge on any atom is -0.346 e. The lowest BCUT2D eigenvalue weighted by molar-refractivity contribution is 0.0945. The quantitative estimate of drug-likeness (QED) is 0.775. The average molecular weight is 230 g/mol. The van der Waals surface area contributed by atoms with Crippen molar-refractivity contribution in [3.05, 3.63) is 47.5 Å². The van der Waals surface area contributed by atoms with Gasteiger partial charge in [-0.25, -0.2) is 0 Å². The summed E-state index contributed by atoms with van der Waals surface area (Å²) in [6.07, 6.45) is 2.65. The lowest BCUT2D eigenvalue weighted by Crippen LogP contribution is -2.33. The van der Waals surface area contributed by atoms with Gasteiger partial charge >= 0.3 is 0 Å². The molecule has 3 heteroatoms. The van der Waals surface area contributed by atoms with Crippen molar-refractivity contribution in [3.63, 3.8) is 0 Å². The summed E-state index contributed by atoms with van der Waals surface area (Å²) in [7, 11) is 0. The van der Waals surface area contributed by atoms with E-state index in [0.717, 1.165) is 25.1 Å². The maximum atomic E-state index is 12.1. The minimum atomic E-state index is -0.00356. The van der Waals surface area contributed by atoms with Crippen molar-refractivity contribution in [2.75, 3.05) is 6.54 Å². The molecule has 2 rings (SSSR count). The second kappa shape index (κ2) is 5.15. The van der Waals surface area contributed by atoms with Crippen molar-refractivity contribution < 1.29 is 4.79 Å². The summed E-state index contributed by atoms with van der Waals surface area (Å²) in [4.78, 5) is 12.1. The number of fused-ring (bicyclic) bond motifs is 1. The van der Waals surface area contributed by atoms with Gasteiger partial charge in [-0.3, -0.25) is 4.79 Å². The summed E-state index contributed by atoms with van der Waals surface area (Å²) in [5.74, 6) is -0.00356. The molecule has 1 aromatic rings. The van der Waals surface area contributed by atoms with Crippen LogP contribution >= 0.6 is 0 Å². The Morgan fingerprint density at radius 2 is 2.41 bits per heavy atom. The Morgan fingerprint density at radius 3 is 3.18 bits per heavy atom. The van der Waals surface area contributed by atoms with E-state index in [2.05, 4.69) is 23.3 Å². The van der Waals surface area contributed by atoms with Crippen LogP contribution in [0.25, 0.3) is 0 Å². The third-order valence-corrected chi connectivity index (χ3v) is 3.10. The highest BCUT2D eigenvalue weighted by Crippen LogP contribution is 2.18. The Labute approximate surface area is 102 Å². The van der Waals surface area contributed by atoms with E-state index in [1.807, 2.05) is 19.1 Å². The van der Waals surface area contributed by atoms with E-state index in [1.165, 1.54) is 11.1 Å². The molecule has 1 atom stereocenters. The van der Waals surface area contributed by atoms with Crippen LogP contribution in [0.2, 0.25) is 0 Å². The molecular weight excluding hydrogens is 212 g/mol. The summed E-state index contributed by atoms with van der Waals surface area (Å²) < 4.78 is 0. The largest absolute Gasteiger partial charge is 0.346 e. The van der Waals surface area contributed by atoms with Crippen LogP contribution in [0, 0.1) is 0 Å². The topological polar surface area (TPSA) is 41.1 Å². The Kier molecular flexibility index (Phi) is 3.59. The van der Waals surface area contributed by atoms with Gasteiger partial charge in [-0.15, -0.1) is 6.58 Å². The molecule has 0 spiro atoms. The van der Waals surface area contributed by atoms with Crippen LogP contribution in [0.3, 0.4) is 0 Å². The molecule has 0 bridgehead atoms. The lowest BCUT2D eigenvalue weighted by Gasteiger charge is -2.20. The average Bonchev–Trinajstić information content (AvgIpc) is 2.37. The van der Waals surface area contributed by atoms with Crippen molar-refractivity contribution >= 4 is 5.91 Å². The molecular formula is C14H18N2O. The molecule has 0 aromatic heterocycles. The van der Waals surface area contributed by atoms with Gasteiger partial charge in [-0.2, -0.15) is 0 Å². The van der Waals surface area contributed by atoms with E-state index < -0.39 is 0 Å².